The monoisotopic (exact) mass is 1310 g/mol. The minimum absolute atomic E-state index is 0.0347. The fourth-order valence-corrected chi connectivity index (χ4v) is 12.7. The highest BCUT2D eigenvalue weighted by Gasteiger charge is 2.27. The lowest BCUT2D eigenvalue weighted by Gasteiger charge is -2.24. The van der Waals surface area contributed by atoms with Crippen molar-refractivity contribution in [2.45, 2.75) is 405 Å². The number of rotatable bonds is 75. The molecule has 10 heteroatoms. The number of phosphoric ester groups is 1. The van der Waals surface area contributed by atoms with E-state index in [0.717, 1.165) is 64.2 Å². The van der Waals surface area contributed by atoms with Crippen LogP contribution in [0.4, 0.5) is 0 Å². The number of allylic oxidation sites excluding steroid dienone is 10. The summed E-state index contributed by atoms with van der Waals surface area (Å²) in [5.74, 6) is -0.772. The van der Waals surface area contributed by atoms with Crippen molar-refractivity contribution in [1.82, 2.24) is 0 Å². The van der Waals surface area contributed by atoms with Crippen LogP contribution in [0.1, 0.15) is 399 Å². The van der Waals surface area contributed by atoms with Crippen molar-refractivity contribution in [2.24, 2.45) is 0 Å². The zero-order valence-electron chi connectivity index (χ0n) is 61.8. The third-order valence-electron chi connectivity index (χ3n) is 18.1. The molecule has 0 aliphatic rings. The molecular weight excluding hydrogens is 1160 g/mol. The van der Waals surface area contributed by atoms with Crippen molar-refractivity contribution in [3.63, 3.8) is 0 Å². The molecule has 0 radical (unpaired) electrons. The predicted octanol–water partition coefficient (Wildman–Crippen LogP) is 26.5. The van der Waals surface area contributed by atoms with Gasteiger partial charge in [-0.15, -0.1) is 0 Å². The topological polar surface area (TPSA) is 108 Å². The Hall–Kier alpha value is -2.29. The molecule has 2 atom stereocenters. The van der Waals surface area contributed by atoms with Crippen LogP contribution in [-0.4, -0.2) is 74.9 Å². The predicted molar refractivity (Wildman–Crippen MR) is 400 cm³/mol. The van der Waals surface area contributed by atoms with E-state index in [0.29, 0.717) is 23.9 Å². The number of hydrogen-bond donors (Lipinski definition) is 1. The molecule has 9 nitrogen and oxygen atoms in total. The minimum Gasteiger partial charge on any atom is -0.462 e. The Morgan fingerprint density at radius 1 is 0.348 bits per heavy atom. The molecule has 0 aromatic heterocycles. The summed E-state index contributed by atoms with van der Waals surface area (Å²) in [5.41, 5.74) is 0. The highest BCUT2D eigenvalue weighted by atomic mass is 31.2. The van der Waals surface area contributed by atoms with E-state index in [9.17, 15) is 19.0 Å². The van der Waals surface area contributed by atoms with Crippen molar-refractivity contribution in [2.75, 3.05) is 47.5 Å². The molecule has 0 amide bonds. The smallest absolute Gasteiger partial charge is 0.462 e. The van der Waals surface area contributed by atoms with Gasteiger partial charge in [-0.1, -0.05) is 389 Å². The first-order chi connectivity index (χ1) is 45.0. The summed E-state index contributed by atoms with van der Waals surface area (Å²) in [7, 11) is 1.50. The van der Waals surface area contributed by atoms with Gasteiger partial charge < -0.3 is 18.9 Å². The number of hydrogen-bond acceptors (Lipinski definition) is 7. The van der Waals surface area contributed by atoms with Crippen LogP contribution in [0.25, 0.3) is 0 Å². The summed E-state index contributed by atoms with van der Waals surface area (Å²) in [6, 6.07) is 0. The summed E-state index contributed by atoms with van der Waals surface area (Å²) in [6.45, 7) is 4.40. The van der Waals surface area contributed by atoms with E-state index in [4.69, 9.17) is 18.5 Å². The van der Waals surface area contributed by atoms with E-state index in [-0.39, 0.29) is 25.6 Å². The number of nitrogens with zero attached hydrogens (tertiary/aromatic N) is 1. The molecule has 0 aliphatic heterocycles. The van der Waals surface area contributed by atoms with E-state index >= 15 is 0 Å². The zero-order chi connectivity index (χ0) is 66.9. The van der Waals surface area contributed by atoms with Crippen molar-refractivity contribution in [3.05, 3.63) is 60.8 Å². The molecule has 0 rings (SSSR count). The Morgan fingerprint density at radius 3 is 0.924 bits per heavy atom. The number of phosphoric acid groups is 1. The van der Waals surface area contributed by atoms with Crippen LogP contribution in [-0.2, 0) is 32.7 Å². The van der Waals surface area contributed by atoms with Crippen LogP contribution in [0, 0.1) is 0 Å². The first-order valence-corrected chi connectivity index (χ1v) is 41.5. The van der Waals surface area contributed by atoms with Crippen LogP contribution in [0.15, 0.2) is 60.8 Å². The van der Waals surface area contributed by atoms with Crippen molar-refractivity contribution >= 4 is 19.8 Å². The van der Waals surface area contributed by atoms with Gasteiger partial charge in [0.2, 0.25) is 0 Å². The molecular formula is C82H155NO8P+. The van der Waals surface area contributed by atoms with E-state index in [1.54, 1.807) is 0 Å². The summed E-state index contributed by atoms with van der Waals surface area (Å²) in [5, 5.41) is 0. The second-order valence-electron chi connectivity index (χ2n) is 28.4. The standard InChI is InChI=1S/C82H154NO8P/c1-6-8-10-12-14-16-18-20-22-24-26-28-30-32-34-36-37-38-39-40-41-42-43-44-45-47-49-51-53-55-57-59-61-63-65-67-69-71-73-75-82(85)91-80(79-90-92(86,87)89-77-76-83(3,4)5)78-88-81(84)74-72-70-68-66-64-62-60-58-56-54-52-50-48-46-35-33-31-29-27-25-23-21-19-17-15-13-11-9-7-2/h8,10,14,16,20,22,26,28,32,34,80H,6-7,9,11-13,15,17-19,21,23-25,27,29-31,33,35-79H2,1-5H3/p+1/b10-8-,16-14-,22-20-,28-26-,34-32-. The van der Waals surface area contributed by atoms with Crippen LogP contribution < -0.4 is 0 Å². The molecule has 0 bridgehead atoms. The Balaban J connectivity index is 3.90. The van der Waals surface area contributed by atoms with E-state index in [1.165, 1.54) is 302 Å². The van der Waals surface area contributed by atoms with Crippen molar-refractivity contribution in [1.29, 1.82) is 0 Å². The van der Waals surface area contributed by atoms with Gasteiger partial charge in [0.25, 0.3) is 0 Å². The van der Waals surface area contributed by atoms with Gasteiger partial charge in [0.05, 0.1) is 27.7 Å². The Labute approximate surface area is 572 Å². The number of carbonyl (C=O) groups excluding carboxylic acids is 2. The highest BCUT2D eigenvalue weighted by molar-refractivity contribution is 7.47. The number of ether oxygens (including phenoxy) is 2. The van der Waals surface area contributed by atoms with Gasteiger partial charge in [0, 0.05) is 12.8 Å². The molecule has 0 saturated carbocycles. The average Bonchev–Trinajstić information content (AvgIpc) is 2.14. The first kappa shape index (κ1) is 89.7. The normalized spacial score (nSPS) is 13.3. The fourth-order valence-electron chi connectivity index (χ4n) is 12.0. The van der Waals surface area contributed by atoms with Gasteiger partial charge in [0.1, 0.15) is 19.8 Å². The Morgan fingerprint density at radius 2 is 0.620 bits per heavy atom. The molecule has 540 valence electrons. The minimum atomic E-state index is -4.39. The molecule has 1 N–H and O–H groups in total. The lowest BCUT2D eigenvalue weighted by Crippen LogP contribution is -2.37. The lowest BCUT2D eigenvalue weighted by atomic mass is 10.0. The van der Waals surface area contributed by atoms with Crippen LogP contribution in [0.3, 0.4) is 0 Å². The fraction of sp³-hybridized carbons (Fsp3) is 0.854. The van der Waals surface area contributed by atoms with Gasteiger partial charge in [-0.2, -0.15) is 0 Å². The third-order valence-corrected chi connectivity index (χ3v) is 19.0. The highest BCUT2D eigenvalue weighted by Crippen LogP contribution is 2.43. The largest absolute Gasteiger partial charge is 0.472 e. The van der Waals surface area contributed by atoms with Crippen molar-refractivity contribution in [3.8, 4) is 0 Å². The lowest BCUT2D eigenvalue weighted by molar-refractivity contribution is -0.870. The number of likely N-dealkylation sites (N-methyl/N-ethyl adjacent to an activating group) is 1. The third kappa shape index (κ3) is 76.7. The second-order valence-corrected chi connectivity index (χ2v) is 29.9. The van der Waals surface area contributed by atoms with Gasteiger partial charge in [0.15, 0.2) is 6.10 Å². The molecule has 0 aromatic rings. The van der Waals surface area contributed by atoms with Crippen molar-refractivity contribution < 1.29 is 42.1 Å². The molecule has 0 heterocycles. The number of unbranched alkanes of at least 4 members (excludes halogenated alkanes) is 51. The van der Waals surface area contributed by atoms with Crippen LogP contribution >= 0.6 is 7.82 Å². The molecule has 0 aliphatic carbocycles. The van der Waals surface area contributed by atoms with Gasteiger partial charge in [-0.05, 0) is 57.8 Å². The summed E-state index contributed by atoms with van der Waals surface area (Å²) in [6.07, 6.45) is 98.0. The first-order valence-electron chi connectivity index (χ1n) is 40.0. The number of esters is 2. The maximum Gasteiger partial charge on any atom is 0.472 e. The molecule has 0 saturated heterocycles. The molecule has 0 spiro atoms. The van der Waals surface area contributed by atoms with E-state index < -0.39 is 26.5 Å². The molecule has 0 fully saturated rings. The van der Waals surface area contributed by atoms with E-state index in [2.05, 4.69) is 74.6 Å². The maximum atomic E-state index is 12.9. The summed E-state index contributed by atoms with van der Waals surface area (Å²) >= 11 is 0. The van der Waals surface area contributed by atoms with Crippen LogP contribution in [0.2, 0.25) is 0 Å². The number of quaternary nitrogens is 1. The van der Waals surface area contributed by atoms with E-state index in [1.807, 2.05) is 21.1 Å². The average molecular weight is 1310 g/mol. The summed E-state index contributed by atoms with van der Waals surface area (Å²) < 4.78 is 34.8. The summed E-state index contributed by atoms with van der Waals surface area (Å²) in [4.78, 5) is 36.0. The number of carbonyl (C=O) groups is 2. The van der Waals surface area contributed by atoms with Gasteiger partial charge in [-0.25, -0.2) is 4.57 Å². The maximum absolute atomic E-state index is 12.9. The van der Waals surface area contributed by atoms with Gasteiger partial charge >= 0.3 is 19.8 Å². The molecule has 92 heavy (non-hydrogen) atoms. The zero-order valence-corrected chi connectivity index (χ0v) is 62.7. The quantitative estimate of drug-likeness (QED) is 0.0211. The Kier molecular flexibility index (Phi) is 71.2. The SMILES string of the molecule is CC/C=C\C/C=C\C/C=C\C/C=C\C/C=C\CCCCCCCCCCCCCCCCCCCCCCCCCC(=O)OC(COC(=O)CCCCCCCCCCCCCCCCCCCCCCCCCCCCCCC)COP(=O)(O)OCC[N+](C)(C)C. The molecule has 0 aromatic carbocycles. The Bertz CT molecular complexity index is 1740. The second kappa shape index (κ2) is 73.0. The molecule has 2 unspecified atom stereocenters. The van der Waals surface area contributed by atoms with Gasteiger partial charge in [-0.3, -0.25) is 18.6 Å². The van der Waals surface area contributed by atoms with Crippen LogP contribution in [0.5, 0.6) is 0 Å².